The third kappa shape index (κ3) is 4.94. The van der Waals surface area contributed by atoms with Gasteiger partial charge in [-0.15, -0.1) is 0 Å². The number of nitrogens with zero attached hydrogens (tertiary/aromatic N) is 2. The summed E-state index contributed by atoms with van der Waals surface area (Å²) >= 11 is -0.255. The zero-order valence-corrected chi connectivity index (χ0v) is 10.6. The van der Waals surface area contributed by atoms with E-state index in [0.717, 1.165) is 11.8 Å². The molecular formula is C12H8F3N3S. The number of benzene rings is 1. The Labute approximate surface area is 112 Å². The summed E-state index contributed by atoms with van der Waals surface area (Å²) in [4.78, 5) is -0.0235. The maximum absolute atomic E-state index is 12.4. The van der Waals surface area contributed by atoms with Crippen molar-refractivity contribution in [1.29, 1.82) is 10.5 Å². The molecule has 0 saturated carbocycles. The van der Waals surface area contributed by atoms with E-state index in [-0.39, 0.29) is 27.9 Å². The maximum Gasteiger partial charge on any atom is 0.446 e. The van der Waals surface area contributed by atoms with Crippen LogP contribution in [-0.4, -0.2) is 5.51 Å². The van der Waals surface area contributed by atoms with Crippen molar-refractivity contribution < 1.29 is 13.2 Å². The fraction of sp³-hybridized carbons (Fsp3) is 0.167. The minimum absolute atomic E-state index is 0.0235. The molecule has 3 nitrogen and oxygen atoms in total. The molecule has 1 rings (SSSR count). The Bertz CT molecular complexity index is 563. The van der Waals surface area contributed by atoms with Gasteiger partial charge >= 0.3 is 5.51 Å². The SMILES string of the molecule is Cc1ccc(SC(F)(F)F)c(NC=C(C#N)C#N)c1. The van der Waals surface area contributed by atoms with Gasteiger partial charge in [-0.25, -0.2) is 0 Å². The second-order valence-corrected chi connectivity index (χ2v) is 4.58. The number of allylic oxidation sites excluding steroid dienone is 1. The molecule has 0 aliphatic heterocycles. The van der Waals surface area contributed by atoms with Crippen LogP contribution in [0, 0.1) is 29.6 Å². The second-order valence-electron chi connectivity index (χ2n) is 3.47. The molecule has 1 aromatic rings. The summed E-state index contributed by atoms with van der Waals surface area (Å²) in [5.74, 6) is 0. The topological polar surface area (TPSA) is 59.6 Å². The number of aryl methyl sites for hydroxylation is 1. The third-order valence-corrected chi connectivity index (χ3v) is 2.78. The quantitative estimate of drug-likeness (QED) is 0.674. The predicted molar refractivity (Wildman–Crippen MR) is 66.0 cm³/mol. The minimum atomic E-state index is -4.40. The molecule has 1 aromatic carbocycles. The first kappa shape index (κ1) is 14.9. The van der Waals surface area contributed by atoms with Crippen LogP contribution in [0.2, 0.25) is 0 Å². The number of hydrogen-bond donors (Lipinski definition) is 1. The van der Waals surface area contributed by atoms with E-state index in [2.05, 4.69) is 5.32 Å². The van der Waals surface area contributed by atoms with Crippen LogP contribution < -0.4 is 5.32 Å². The summed E-state index contributed by atoms with van der Waals surface area (Å²) in [7, 11) is 0. The van der Waals surface area contributed by atoms with Gasteiger partial charge in [0.25, 0.3) is 0 Å². The first-order valence-corrected chi connectivity index (χ1v) is 5.80. The van der Waals surface area contributed by atoms with Crippen LogP contribution in [0.3, 0.4) is 0 Å². The van der Waals surface area contributed by atoms with Gasteiger partial charge in [0, 0.05) is 11.1 Å². The highest BCUT2D eigenvalue weighted by molar-refractivity contribution is 8.00. The van der Waals surface area contributed by atoms with Gasteiger partial charge in [-0.3, -0.25) is 0 Å². The molecule has 7 heteroatoms. The fourth-order valence-corrected chi connectivity index (χ4v) is 1.82. The van der Waals surface area contributed by atoms with E-state index in [4.69, 9.17) is 10.5 Å². The summed E-state index contributed by atoms with van der Waals surface area (Å²) in [5.41, 5.74) is -3.66. The summed E-state index contributed by atoms with van der Waals surface area (Å²) in [6, 6.07) is 7.63. The zero-order valence-electron chi connectivity index (χ0n) is 9.75. The lowest BCUT2D eigenvalue weighted by atomic mass is 10.2. The molecule has 0 radical (unpaired) electrons. The lowest BCUT2D eigenvalue weighted by Gasteiger charge is -2.11. The lowest BCUT2D eigenvalue weighted by Crippen LogP contribution is -2.01. The average molecular weight is 283 g/mol. The standard InChI is InChI=1S/C12H8F3N3S/c1-8-2-3-11(19-12(13,14)15)10(4-8)18-7-9(5-16)6-17/h2-4,7,18H,1H3. The number of nitriles is 2. The van der Waals surface area contributed by atoms with E-state index in [1.54, 1.807) is 25.1 Å². The van der Waals surface area contributed by atoms with Crippen molar-refractivity contribution in [3.63, 3.8) is 0 Å². The molecule has 0 aliphatic rings. The minimum Gasteiger partial charge on any atom is -0.359 e. The molecule has 98 valence electrons. The first-order valence-electron chi connectivity index (χ1n) is 4.99. The summed E-state index contributed by atoms with van der Waals surface area (Å²) in [6.45, 7) is 1.73. The molecule has 1 N–H and O–H groups in total. The maximum atomic E-state index is 12.4. The van der Waals surface area contributed by atoms with Crippen molar-refractivity contribution in [1.82, 2.24) is 0 Å². The Kier molecular flexibility index (Phi) is 4.85. The molecule has 0 atom stereocenters. The number of hydrogen-bond acceptors (Lipinski definition) is 4. The predicted octanol–water partition coefficient (Wildman–Crippen LogP) is 3.95. The fourth-order valence-electron chi connectivity index (χ4n) is 1.21. The Morgan fingerprint density at radius 2 is 1.95 bits per heavy atom. The van der Waals surface area contributed by atoms with Crippen molar-refractivity contribution in [2.24, 2.45) is 0 Å². The summed E-state index contributed by atoms with van der Waals surface area (Å²) < 4.78 is 37.1. The molecule has 0 fully saturated rings. The molecule has 0 saturated heterocycles. The first-order chi connectivity index (χ1) is 8.85. The van der Waals surface area contributed by atoms with Crippen LogP contribution in [0.1, 0.15) is 5.56 Å². The molecule has 19 heavy (non-hydrogen) atoms. The number of halogens is 3. The highest BCUT2D eigenvalue weighted by Gasteiger charge is 2.30. The van der Waals surface area contributed by atoms with E-state index in [1.165, 1.54) is 12.1 Å². The van der Waals surface area contributed by atoms with Crippen LogP contribution in [0.15, 0.2) is 34.9 Å². The van der Waals surface area contributed by atoms with Gasteiger partial charge in [-0.05, 0) is 36.4 Å². The van der Waals surface area contributed by atoms with Gasteiger partial charge < -0.3 is 5.32 Å². The zero-order chi connectivity index (χ0) is 14.5. The number of alkyl halides is 3. The Morgan fingerprint density at radius 3 is 2.47 bits per heavy atom. The van der Waals surface area contributed by atoms with Gasteiger partial charge in [0.15, 0.2) is 0 Å². The van der Waals surface area contributed by atoms with Gasteiger partial charge in [-0.2, -0.15) is 23.7 Å². The highest BCUT2D eigenvalue weighted by atomic mass is 32.2. The van der Waals surface area contributed by atoms with Crippen LogP contribution >= 0.6 is 11.8 Å². The molecule has 0 spiro atoms. The van der Waals surface area contributed by atoms with Crippen LogP contribution in [0.4, 0.5) is 18.9 Å². The smallest absolute Gasteiger partial charge is 0.359 e. The number of anilines is 1. The molecule has 0 amide bonds. The van der Waals surface area contributed by atoms with E-state index in [9.17, 15) is 13.2 Å². The van der Waals surface area contributed by atoms with Crippen LogP contribution in [0.5, 0.6) is 0 Å². The summed E-state index contributed by atoms with van der Waals surface area (Å²) in [5, 5.41) is 19.6. The number of thioether (sulfide) groups is 1. The Hall–Kier alpha value is -2.12. The van der Waals surface area contributed by atoms with Gasteiger partial charge in [0.05, 0.1) is 5.69 Å². The Balaban J connectivity index is 3.06. The van der Waals surface area contributed by atoms with Crippen molar-refractivity contribution in [2.45, 2.75) is 17.3 Å². The second kappa shape index (κ2) is 6.17. The van der Waals surface area contributed by atoms with Crippen LogP contribution in [-0.2, 0) is 0 Å². The van der Waals surface area contributed by atoms with Gasteiger partial charge in [0.2, 0.25) is 0 Å². The molecule has 0 heterocycles. The summed E-state index contributed by atoms with van der Waals surface area (Å²) in [6.07, 6.45) is 1.08. The Morgan fingerprint density at radius 1 is 1.32 bits per heavy atom. The third-order valence-electron chi connectivity index (χ3n) is 1.97. The normalized spacial score (nSPS) is 10.2. The van der Waals surface area contributed by atoms with Crippen molar-refractivity contribution in [2.75, 3.05) is 5.32 Å². The van der Waals surface area contributed by atoms with Gasteiger partial charge in [0.1, 0.15) is 17.7 Å². The van der Waals surface area contributed by atoms with Crippen molar-refractivity contribution in [3.8, 4) is 12.1 Å². The molecule has 0 unspecified atom stereocenters. The lowest BCUT2D eigenvalue weighted by molar-refractivity contribution is -0.0327. The van der Waals surface area contributed by atoms with E-state index < -0.39 is 5.51 Å². The molecule has 0 aromatic heterocycles. The van der Waals surface area contributed by atoms with E-state index in [1.807, 2.05) is 0 Å². The molecular weight excluding hydrogens is 275 g/mol. The van der Waals surface area contributed by atoms with E-state index >= 15 is 0 Å². The van der Waals surface area contributed by atoms with Gasteiger partial charge in [-0.1, -0.05) is 6.07 Å². The van der Waals surface area contributed by atoms with Crippen molar-refractivity contribution >= 4 is 17.4 Å². The van der Waals surface area contributed by atoms with E-state index in [0.29, 0.717) is 0 Å². The van der Waals surface area contributed by atoms with Crippen molar-refractivity contribution in [3.05, 3.63) is 35.5 Å². The number of nitrogens with one attached hydrogen (secondary N) is 1. The molecule has 0 bridgehead atoms. The molecule has 0 aliphatic carbocycles. The average Bonchev–Trinajstić information content (AvgIpc) is 2.32. The number of rotatable bonds is 3. The highest BCUT2D eigenvalue weighted by Crippen LogP contribution is 2.40. The monoisotopic (exact) mass is 283 g/mol. The largest absolute Gasteiger partial charge is 0.446 e. The van der Waals surface area contributed by atoms with Crippen LogP contribution in [0.25, 0.3) is 0 Å².